The van der Waals surface area contributed by atoms with Crippen molar-refractivity contribution in [2.45, 2.75) is 6.61 Å². The van der Waals surface area contributed by atoms with Crippen LogP contribution in [0.1, 0.15) is 5.56 Å². The lowest BCUT2D eigenvalue weighted by molar-refractivity contribution is 0.306. The Morgan fingerprint density at radius 1 is 0.879 bits per heavy atom. The van der Waals surface area contributed by atoms with E-state index >= 15 is 0 Å². The van der Waals surface area contributed by atoms with Crippen LogP contribution in [0.2, 0.25) is 5.02 Å². The molecule has 8 heteroatoms. The van der Waals surface area contributed by atoms with Crippen LogP contribution in [0.4, 0.5) is 4.39 Å². The van der Waals surface area contributed by atoms with E-state index in [1.165, 1.54) is 24.3 Å². The zero-order valence-corrected chi connectivity index (χ0v) is 19.1. The first kappa shape index (κ1) is 21.4. The van der Waals surface area contributed by atoms with Crippen molar-refractivity contribution < 1.29 is 18.0 Å². The van der Waals surface area contributed by atoms with Gasteiger partial charge in [0.15, 0.2) is 0 Å². The predicted molar refractivity (Wildman–Crippen MR) is 127 cm³/mol. The first-order valence-corrected chi connectivity index (χ1v) is 10.9. The van der Waals surface area contributed by atoms with Crippen LogP contribution < -0.4 is 16.0 Å². The Hall–Kier alpha value is -3.42. The van der Waals surface area contributed by atoms with Crippen molar-refractivity contribution >= 4 is 49.5 Å². The van der Waals surface area contributed by atoms with Crippen molar-refractivity contribution in [3.8, 4) is 16.9 Å². The fourth-order valence-corrected chi connectivity index (χ4v) is 4.14. The van der Waals surface area contributed by atoms with Crippen LogP contribution >= 0.6 is 27.5 Å². The van der Waals surface area contributed by atoms with E-state index in [-0.39, 0.29) is 22.8 Å². The van der Waals surface area contributed by atoms with Gasteiger partial charge in [0.05, 0.1) is 10.6 Å². The highest BCUT2D eigenvalue weighted by atomic mass is 79.9. The monoisotopic (exact) mass is 526 g/mol. The van der Waals surface area contributed by atoms with E-state index in [0.717, 1.165) is 4.47 Å². The smallest absolute Gasteiger partial charge is 0.344 e. The Kier molecular flexibility index (Phi) is 5.52. The quantitative estimate of drug-likeness (QED) is 0.243. The van der Waals surface area contributed by atoms with Gasteiger partial charge in [0.25, 0.3) is 0 Å². The van der Waals surface area contributed by atoms with E-state index in [2.05, 4.69) is 15.9 Å². The SMILES string of the molecule is O=c1cc(-c2cc3cc(Br)ccc3oc2=O)c2ccc(OCc3ccc(F)cc3Cl)cc2o1. The molecule has 0 atom stereocenters. The van der Waals surface area contributed by atoms with Gasteiger partial charge in [0.2, 0.25) is 0 Å². The van der Waals surface area contributed by atoms with Crippen molar-refractivity contribution in [3.63, 3.8) is 0 Å². The molecule has 0 fully saturated rings. The first-order valence-electron chi connectivity index (χ1n) is 9.76. The Balaban J connectivity index is 1.56. The van der Waals surface area contributed by atoms with E-state index in [0.29, 0.717) is 33.2 Å². The number of ether oxygens (including phenoxy) is 1. The lowest BCUT2D eigenvalue weighted by Gasteiger charge is -2.10. The molecule has 0 aliphatic rings. The number of fused-ring (bicyclic) bond motifs is 2. The molecule has 0 amide bonds. The highest BCUT2D eigenvalue weighted by Gasteiger charge is 2.15. The molecule has 5 aromatic rings. The molecule has 5 nitrogen and oxygen atoms in total. The second-order valence-corrected chi connectivity index (χ2v) is 8.61. The lowest BCUT2D eigenvalue weighted by atomic mass is 10.0. The van der Waals surface area contributed by atoms with Crippen molar-refractivity contribution in [1.82, 2.24) is 0 Å². The summed E-state index contributed by atoms with van der Waals surface area (Å²) in [5.74, 6) is -0.0213. The molecular formula is C25H13BrClFO5. The van der Waals surface area contributed by atoms with E-state index in [1.807, 2.05) is 6.07 Å². The summed E-state index contributed by atoms with van der Waals surface area (Å²) in [5, 5.41) is 1.50. The molecule has 3 aromatic carbocycles. The zero-order chi connectivity index (χ0) is 23.1. The maximum atomic E-state index is 13.2. The maximum absolute atomic E-state index is 13.2. The van der Waals surface area contributed by atoms with Crippen LogP contribution in [-0.4, -0.2) is 0 Å². The third-order valence-corrected chi connectivity index (χ3v) is 5.95. The first-order chi connectivity index (χ1) is 15.9. The third kappa shape index (κ3) is 4.29. The van der Waals surface area contributed by atoms with Crippen molar-refractivity contribution in [2.24, 2.45) is 0 Å². The highest BCUT2D eigenvalue weighted by molar-refractivity contribution is 9.10. The summed E-state index contributed by atoms with van der Waals surface area (Å²) >= 11 is 9.45. The summed E-state index contributed by atoms with van der Waals surface area (Å²) < 4.78 is 30.6. The second kappa shape index (κ2) is 8.50. The van der Waals surface area contributed by atoms with E-state index in [9.17, 15) is 14.0 Å². The van der Waals surface area contributed by atoms with Gasteiger partial charge in [-0.2, -0.15) is 0 Å². The van der Waals surface area contributed by atoms with Gasteiger partial charge in [0.1, 0.15) is 29.3 Å². The summed E-state index contributed by atoms with van der Waals surface area (Å²) in [5.41, 5.74) is 0.736. The van der Waals surface area contributed by atoms with Crippen molar-refractivity contribution in [2.75, 3.05) is 0 Å². The van der Waals surface area contributed by atoms with Crippen molar-refractivity contribution in [1.29, 1.82) is 0 Å². The fourth-order valence-electron chi connectivity index (χ4n) is 3.54. The van der Waals surface area contributed by atoms with Crippen molar-refractivity contribution in [3.05, 3.63) is 108 Å². The standard InChI is InChI=1S/C25H13BrClFO5/c26-15-2-6-22-14(7-15)8-20(25(30)33-22)19-11-24(29)32-23-10-17(4-5-18(19)23)31-12-13-1-3-16(28)9-21(13)27/h1-11H,12H2. The minimum Gasteiger partial charge on any atom is -0.489 e. The number of benzene rings is 3. The average Bonchev–Trinajstić information content (AvgIpc) is 2.77. The molecule has 164 valence electrons. The second-order valence-electron chi connectivity index (χ2n) is 7.29. The van der Waals surface area contributed by atoms with Crippen LogP contribution in [-0.2, 0) is 6.61 Å². The molecule has 0 N–H and O–H groups in total. The molecule has 2 aromatic heterocycles. The van der Waals surface area contributed by atoms with Gasteiger partial charge in [-0.15, -0.1) is 0 Å². The molecule has 0 spiro atoms. The van der Waals surface area contributed by atoms with Crippen LogP contribution in [0.5, 0.6) is 5.75 Å². The highest BCUT2D eigenvalue weighted by Crippen LogP contribution is 2.31. The largest absolute Gasteiger partial charge is 0.489 e. The number of hydrogen-bond acceptors (Lipinski definition) is 5. The summed E-state index contributed by atoms with van der Waals surface area (Å²) in [7, 11) is 0. The topological polar surface area (TPSA) is 69.7 Å². The zero-order valence-electron chi connectivity index (χ0n) is 16.7. The Morgan fingerprint density at radius 3 is 2.55 bits per heavy atom. The van der Waals surface area contributed by atoms with E-state index < -0.39 is 17.1 Å². The number of halogens is 3. The lowest BCUT2D eigenvalue weighted by Crippen LogP contribution is -2.06. The van der Waals surface area contributed by atoms with Crippen LogP contribution in [0.15, 0.2) is 89.6 Å². The van der Waals surface area contributed by atoms with Gasteiger partial charge < -0.3 is 13.6 Å². The summed E-state index contributed by atoms with van der Waals surface area (Å²) in [6.07, 6.45) is 0. The molecule has 0 saturated heterocycles. The summed E-state index contributed by atoms with van der Waals surface area (Å²) in [4.78, 5) is 25.0. The molecule has 0 aliphatic carbocycles. The van der Waals surface area contributed by atoms with Crippen LogP contribution in [0, 0.1) is 5.82 Å². The summed E-state index contributed by atoms with van der Waals surface area (Å²) in [6.45, 7) is 0.0949. The Morgan fingerprint density at radius 2 is 1.73 bits per heavy atom. The molecule has 0 radical (unpaired) electrons. The minimum absolute atomic E-state index is 0.0949. The molecule has 0 unspecified atom stereocenters. The maximum Gasteiger partial charge on any atom is 0.344 e. The molecular weight excluding hydrogens is 515 g/mol. The van der Waals surface area contributed by atoms with Gasteiger partial charge in [-0.1, -0.05) is 33.6 Å². The minimum atomic E-state index is -0.620. The predicted octanol–water partition coefficient (Wildman–Crippen LogP) is 6.70. The summed E-state index contributed by atoms with van der Waals surface area (Å²) in [6, 6.07) is 17.2. The Labute approximate surface area is 199 Å². The molecule has 2 heterocycles. The van der Waals surface area contributed by atoms with Crippen LogP contribution in [0.3, 0.4) is 0 Å². The average molecular weight is 528 g/mol. The Bertz CT molecular complexity index is 1660. The van der Waals surface area contributed by atoms with Gasteiger partial charge in [-0.25, -0.2) is 14.0 Å². The molecule has 0 saturated carbocycles. The third-order valence-electron chi connectivity index (χ3n) is 5.11. The normalized spacial score (nSPS) is 11.2. The van der Waals surface area contributed by atoms with E-state index in [4.69, 9.17) is 25.2 Å². The van der Waals surface area contributed by atoms with Gasteiger partial charge in [-0.05, 0) is 48.5 Å². The van der Waals surface area contributed by atoms with Crippen LogP contribution in [0.25, 0.3) is 33.1 Å². The van der Waals surface area contributed by atoms with Gasteiger partial charge in [0, 0.05) is 38.5 Å². The molecule has 5 rings (SSSR count). The van der Waals surface area contributed by atoms with Gasteiger partial charge in [-0.3, -0.25) is 0 Å². The number of hydrogen-bond donors (Lipinski definition) is 0. The molecule has 33 heavy (non-hydrogen) atoms. The molecule has 0 aliphatic heterocycles. The van der Waals surface area contributed by atoms with E-state index in [1.54, 1.807) is 36.4 Å². The number of rotatable bonds is 4. The fraction of sp³-hybridized carbons (Fsp3) is 0.0400. The van der Waals surface area contributed by atoms with Gasteiger partial charge >= 0.3 is 11.3 Å². The molecule has 0 bridgehead atoms.